The van der Waals surface area contributed by atoms with Crippen molar-refractivity contribution in [2.75, 3.05) is 0 Å². The van der Waals surface area contributed by atoms with Crippen molar-refractivity contribution < 1.29 is 0 Å². The second-order valence-electron chi connectivity index (χ2n) is 5.43. The van der Waals surface area contributed by atoms with Crippen molar-refractivity contribution in [3.05, 3.63) is 113 Å². The molecule has 23 heavy (non-hydrogen) atoms. The summed E-state index contributed by atoms with van der Waals surface area (Å²) in [4.78, 5) is 0. The highest BCUT2D eigenvalue weighted by Gasteiger charge is 2.02. The van der Waals surface area contributed by atoms with E-state index in [1.807, 2.05) is 18.2 Å². The van der Waals surface area contributed by atoms with Crippen molar-refractivity contribution >= 4 is 5.57 Å². The molecule has 0 saturated heterocycles. The van der Waals surface area contributed by atoms with E-state index in [0.717, 1.165) is 11.1 Å². The minimum absolute atomic E-state index is 1.03. The summed E-state index contributed by atoms with van der Waals surface area (Å²) in [5.74, 6) is 6.42. The second kappa shape index (κ2) is 7.29. The highest BCUT2D eigenvalue weighted by molar-refractivity contribution is 5.81. The zero-order chi connectivity index (χ0) is 15.9. The summed E-state index contributed by atoms with van der Waals surface area (Å²) in [5, 5.41) is 0. The van der Waals surface area contributed by atoms with Crippen molar-refractivity contribution in [3.63, 3.8) is 0 Å². The van der Waals surface area contributed by atoms with E-state index >= 15 is 0 Å². The maximum atomic E-state index is 3.22. The molecule has 110 valence electrons. The minimum Gasteiger partial charge on any atom is -0.0689 e. The quantitative estimate of drug-likeness (QED) is 0.549. The molecule has 0 aliphatic heterocycles. The summed E-state index contributed by atoms with van der Waals surface area (Å²) >= 11 is 0. The minimum atomic E-state index is 1.03. The van der Waals surface area contributed by atoms with Gasteiger partial charge in [0.15, 0.2) is 0 Å². The van der Waals surface area contributed by atoms with Gasteiger partial charge in [-0.2, -0.15) is 0 Å². The van der Waals surface area contributed by atoms with Crippen LogP contribution < -0.4 is 0 Å². The molecule has 0 nitrogen and oxygen atoms in total. The monoisotopic (exact) mass is 294 g/mol. The maximum Gasteiger partial charge on any atom is 0.0249 e. The van der Waals surface area contributed by atoms with Gasteiger partial charge in [-0.25, -0.2) is 0 Å². The molecule has 0 saturated carbocycles. The number of hydrogen-bond acceptors (Lipinski definition) is 0. The largest absolute Gasteiger partial charge is 0.0689 e. The third-order valence-electron chi connectivity index (χ3n) is 3.65. The molecule has 0 heteroatoms. The van der Waals surface area contributed by atoms with Gasteiger partial charge >= 0.3 is 0 Å². The molecule has 3 aromatic carbocycles. The molecule has 0 fully saturated rings. The molecule has 0 atom stereocenters. The third kappa shape index (κ3) is 3.99. The molecule has 0 heterocycles. The Labute approximate surface area is 138 Å². The van der Waals surface area contributed by atoms with Gasteiger partial charge in [0, 0.05) is 5.56 Å². The van der Waals surface area contributed by atoms with E-state index in [1.54, 1.807) is 0 Å². The molecule has 0 aliphatic carbocycles. The van der Waals surface area contributed by atoms with Crippen LogP contribution in [0.25, 0.3) is 5.57 Å². The van der Waals surface area contributed by atoms with Gasteiger partial charge in [-0.1, -0.05) is 90.2 Å². The molecule has 0 aliphatic rings. The molecule has 0 bridgehead atoms. The van der Waals surface area contributed by atoms with E-state index < -0.39 is 0 Å². The lowest BCUT2D eigenvalue weighted by Crippen LogP contribution is -1.87. The lowest BCUT2D eigenvalue weighted by molar-refractivity contribution is 1.46. The Morgan fingerprint density at radius 2 is 1.22 bits per heavy atom. The fourth-order valence-electron chi connectivity index (χ4n) is 2.40. The van der Waals surface area contributed by atoms with Crippen molar-refractivity contribution in [2.24, 2.45) is 0 Å². The van der Waals surface area contributed by atoms with Gasteiger partial charge in [-0.15, -0.1) is 0 Å². The molecule has 0 N–H and O–H groups in total. The summed E-state index contributed by atoms with van der Waals surface area (Å²) < 4.78 is 0. The average molecular weight is 294 g/mol. The Balaban J connectivity index is 1.98. The fraction of sp³-hybridized carbons (Fsp3) is 0.0435. The molecule has 0 radical (unpaired) electrons. The number of rotatable bonds is 2. The van der Waals surface area contributed by atoms with Crippen LogP contribution in [0.3, 0.4) is 0 Å². The van der Waals surface area contributed by atoms with Gasteiger partial charge in [-0.3, -0.25) is 0 Å². The summed E-state index contributed by atoms with van der Waals surface area (Å²) in [6.07, 6.45) is 2.00. The van der Waals surface area contributed by atoms with Gasteiger partial charge in [0.05, 0.1) is 0 Å². The Morgan fingerprint density at radius 1 is 0.696 bits per heavy atom. The average Bonchev–Trinajstić information content (AvgIpc) is 2.62. The Hall–Kier alpha value is -3.04. The van der Waals surface area contributed by atoms with E-state index in [2.05, 4.69) is 91.6 Å². The predicted octanol–water partition coefficient (Wildman–Crippen LogP) is 5.48. The normalized spacial score (nSPS) is 9.61. The lowest BCUT2D eigenvalue weighted by atomic mass is 9.98. The van der Waals surface area contributed by atoms with Gasteiger partial charge in [0.1, 0.15) is 0 Å². The van der Waals surface area contributed by atoms with Gasteiger partial charge in [0.25, 0.3) is 0 Å². The highest BCUT2D eigenvalue weighted by atomic mass is 14.1. The van der Waals surface area contributed by atoms with E-state index in [4.69, 9.17) is 0 Å². The van der Waals surface area contributed by atoms with Crippen LogP contribution in [-0.2, 0) is 0 Å². The van der Waals surface area contributed by atoms with Crippen molar-refractivity contribution in [3.8, 4) is 11.8 Å². The Bertz CT molecular complexity index is 801. The van der Waals surface area contributed by atoms with Crippen LogP contribution >= 0.6 is 0 Å². The summed E-state index contributed by atoms with van der Waals surface area (Å²) in [6.45, 7) is 2.08. The predicted molar refractivity (Wildman–Crippen MR) is 98.0 cm³/mol. The summed E-state index contributed by atoms with van der Waals surface area (Å²) in [5.41, 5.74) is 5.78. The van der Waals surface area contributed by atoms with E-state index in [0.29, 0.717) is 0 Å². The van der Waals surface area contributed by atoms with Gasteiger partial charge < -0.3 is 0 Å². The SMILES string of the molecule is Cc1ccc(C#CC=C(c2ccccc2)c2ccccc2)cc1. The maximum absolute atomic E-state index is 3.22. The number of benzene rings is 3. The van der Waals surface area contributed by atoms with Crippen LogP contribution in [0.15, 0.2) is 91.0 Å². The van der Waals surface area contributed by atoms with E-state index in [-0.39, 0.29) is 0 Å². The first kappa shape index (κ1) is 14.9. The van der Waals surface area contributed by atoms with E-state index in [9.17, 15) is 0 Å². The molecule has 3 aromatic rings. The van der Waals surface area contributed by atoms with Crippen molar-refractivity contribution in [2.45, 2.75) is 6.92 Å². The molecule has 0 aromatic heterocycles. The molecule has 0 amide bonds. The molecule has 0 unspecified atom stereocenters. The Kier molecular flexibility index (Phi) is 4.72. The van der Waals surface area contributed by atoms with E-state index in [1.165, 1.54) is 16.7 Å². The smallest absolute Gasteiger partial charge is 0.0249 e. The second-order valence-corrected chi connectivity index (χ2v) is 5.43. The van der Waals surface area contributed by atoms with Crippen LogP contribution in [0.2, 0.25) is 0 Å². The van der Waals surface area contributed by atoms with Gasteiger partial charge in [0.2, 0.25) is 0 Å². The third-order valence-corrected chi connectivity index (χ3v) is 3.65. The molecule has 3 rings (SSSR count). The standard InChI is InChI=1S/C23H18/c1-19-15-17-20(18-16-19)9-8-14-23(21-10-4-2-5-11-21)22-12-6-3-7-13-22/h2-7,10-18H,1H3. The Morgan fingerprint density at radius 3 is 1.74 bits per heavy atom. The van der Waals surface area contributed by atoms with Crippen LogP contribution in [0.1, 0.15) is 22.3 Å². The molecular weight excluding hydrogens is 276 g/mol. The number of aryl methyl sites for hydroxylation is 1. The summed E-state index contributed by atoms with van der Waals surface area (Å²) in [6, 6.07) is 29.0. The lowest BCUT2D eigenvalue weighted by Gasteiger charge is -2.06. The first-order chi connectivity index (χ1) is 11.3. The highest BCUT2D eigenvalue weighted by Crippen LogP contribution is 2.22. The number of hydrogen-bond donors (Lipinski definition) is 0. The van der Waals surface area contributed by atoms with Crippen LogP contribution in [0.4, 0.5) is 0 Å². The number of allylic oxidation sites excluding steroid dienone is 1. The van der Waals surface area contributed by atoms with Crippen molar-refractivity contribution in [1.29, 1.82) is 0 Å². The van der Waals surface area contributed by atoms with Crippen LogP contribution in [0.5, 0.6) is 0 Å². The topological polar surface area (TPSA) is 0 Å². The molecular formula is C23H18. The summed E-state index contributed by atoms with van der Waals surface area (Å²) in [7, 11) is 0. The zero-order valence-corrected chi connectivity index (χ0v) is 13.2. The fourth-order valence-corrected chi connectivity index (χ4v) is 2.40. The van der Waals surface area contributed by atoms with Crippen LogP contribution in [0, 0.1) is 18.8 Å². The molecule has 0 spiro atoms. The van der Waals surface area contributed by atoms with Crippen molar-refractivity contribution in [1.82, 2.24) is 0 Å². The first-order valence-electron chi connectivity index (χ1n) is 7.72. The van der Waals surface area contributed by atoms with Crippen LogP contribution in [-0.4, -0.2) is 0 Å². The first-order valence-corrected chi connectivity index (χ1v) is 7.72. The zero-order valence-electron chi connectivity index (χ0n) is 13.2. The van der Waals surface area contributed by atoms with Gasteiger partial charge in [-0.05, 0) is 41.8 Å².